The summed E-state index contributed by atoms with van der Waals surface area (Å²) >= 11 is 0. The van der Waals surface area contributed by atoms with Gasteiger partial charge in [-0.25, -0.2) is 0 Å². The molecule has 1 saturated heterocycles. The lowest BCUT2D eigenvalue weighted by Gasteiger charge is -2.21. The summed E-state index contributed by atoms with van der Waals surface area (Å²) in [7, 11) is 0. The van der Waals surface area contributed by atoms with E-state index in [1.165, 1.54) is 23.8 Å². The van der Waals surface area contributed by atoms with E-state index in [0.29, 0.717) is 5.92 Å². The molecule has 0 saturated carbocycles. The van der Waals surface area contributed by atoms with Crippen molar-refractivity contribution in [2.75, 3.05) is 13.1 Å². The van der Waals surface area contributed by atoms with Gasteiger partial charge in [0.25, 0.3) is 0 Å². The Morgan fingerprint density at radius 2 is 2.47 bits per heavy atom. The molecule has 78 valence electrons. The number of furan rings is 1. The Bertz CT molecular complexity index is 457. The first kappa shape index (κ1) is 8.92. The van der Waals surface area contributed by atoms with Gasteiger partial charge in [-0.2, -0.15) is 0 Å². The molecule has 2 aromatic heterocycles. The number of hydrogen-bond acceptors (Lipinski definition) is 3. The summed E-state index contributed by atoms with van der Waals surface area (Å²) in [5.41, 5.74) is 2.23. The number of rotatable bonds is 1. The molecule has 1 atom stereocenters. The zero-order valence-corrected chi connectivity index (χ0v) is 8.57. The summed E-state index contributed by atoms with van der Waals surface area (Å²) in [5.74, 6) is 0.599. The van der Waals surface area contributed by atoms with Crippen molar-refractivity contribution in [3.05, 3.63) is 30.3 Å². The molecule has 3 nitrogen and oxygen atoms in total. The topological polar surface area (TPSA) is 38.1 Å². The molecule has 0 radical (unpaired) electrons. The smallest absolute Gasteiger partial charge is 0.152 e. The van der Waals surface area contributed by atoms with Gasteiger partial charge in [0.2, 0.25) is 0 Å². The van der Waals surface area contributed by atoms with Crippen molar-refractivity contribution >= 4 is 11.0 Å². The highest BCUT2D eigenvalue weighted by Crippen LogP contribution is 2.30. The molecule has 1 fully saturated rings. The van der Waals surface area contributed by atoms with Gasteiger partial charge in [0.05, 0.1) is 12.5 Å². The maximum Gasteiger partial charge on any atom is 0.152 e. The monoisotopic (exact) mass is 202 g/mol. The lowest BCUT2D eigenvalue weighted by atomic mass is 9.92. The third-order valence-electron chi connectivity index (χ3n) is 3.15. The maximum absolute atomic E-state index is 5.51. The summed E-state index contributed by atoms with van der Waals surface area (Å²) in [6.45, 7) is 2.21. The minimum atomic E-state index is 0.599. The van der Waals surface area contributed by atoms with Crippen LogP contribution in [0.4, 0.5) is 0 Å². The molecule has 0 amide bonds. The van der Waals surface area contributed by atoms with Gasteiger partial charge in [-0.1, -0.05) is 0 Å². The van der Waals surface area contributed by atoms with Crippen LogP contribution in [0, 0.1) is 0 Å². The van der Waals surface area contributed by atoms with E-state index < -0.39 is 0 Å². The molecule has 3 heteroatoms. The summed E-state index contributed by atoms with van der Waals surface area (Å²) in [5, 5.41) is 4.65. The van der Waals surface area contributed by atoms with Crippen LogP contribution in [0.25, 0.3) is 11.0 Å². The molecule has 0 aliphatic carbocycles. The van der Waals surface area contributed by atoms with E-state index in [4.69, 9.17) is 4.42 Å². The second kappa shape index (κ2) is 3.66. The van der Waals surface area contributed by atoms with Gasteiger partial charge in [0.15, 0.2) is 5.58 Å². The van der Waals surface area contributed by atoms with Crippen LogP contribution in [-0.4, -0.2) is 18.1 Å². The number of nitrogens with one attached hydrogen (secondary N) is 1. The average Bonchev–Trinajstić information content (AvgIpc) is 2.74. The van der Waals surface area contributed by atoms with Crippen LogP contribution >= 0.6 is 0 Å². The van der Waals surface area contributed by atoms with Crippen molar-refractivity contribution in [3.63, 3.8) is 0 Å². The van der Waals surface area contributed by atoms with Gasteiger partial charge in [-0.3, -0.25) is 4.98 Å². The van der Waals surface area contributed by atoms with E-state index in [1.807, 2.05) is 18.5 Å². The number of piperidine rings is 1. The zero-order valence-electron chi connectivity index (χ0n) is 8.57. The summed E-state index contributed by atoms with van der Waals surface area (Å²) in [6, 6.07) is 2.04. The van der Waals surface area contributed by atoms with Crippen molar-refractivity contribution < 1.29 is 4.42 Å². The molecular formula is C12H14N2O. The van der Waals surface area contributed by atoms with Gasteiger partial charge < -0.3 is 9.73 Å². The van der Waals surface area contributed by atoms with Crippen LogP contribution in [-0.2, 0) is 0 Å². The predicted molar refractivity (Wildman–Crippen MR) is 58.9 cm³/mol. The Morgan fingerprint density at radius 3 is 3.33 bits per heavy atom. The van der Waals surface area contributed by atoms with Crippen molar-refractivity contribution in [2.24, 2.45) is 0 Å². The lowest BCUT2D eigenvalue weighted by Crippen LogP contribution is -2.28. The summed E-state index contributed by atoms with van der Waals surface area (Å²) in [4.78, 5) is 4.06. The first-order chi connectivity index (χ1) is 7.45. The summed E-state index contributed by atoms with van der Waals surface area (Å²) < 4.78 is 5.51. The number of pyridine rings is 1. The molecule has 3 heterocycles. The lowest BCUT2D eigenvalue weighted by molar-refractivity contribution is 0.458. The molecule has 0 aromatic carbocycles. The van der Waals surface area contributed by atoms with Crippen LogP contribution in [0.3, 0.4) is 0 Å². The van der Waals surface area contributed by atoms with Gasteiger partial charge in [0, 0.05) is 29.6 Å². The van der Waals surface area contributed by atoms with Gasteiger partial charge in [-0.15, -0.1) is 0 Å². The van der Waals surface area contributed by atoms with Crippen LogP contribution in [0.1, 0.15) is 24.3 Å². The highest BCUT2D eigenvalue weighted by Gasteiger charge is 2.19. The highest BCUT2D eigenvalue weighted by atomic mass is 16.3. The van der Waals surface area contributed by atoms with Crippen LogP contribution in [0.5, 0.6) is 0 Å². The Balaban J connectivity index is 2.02. The fourth-order valence-corrected chi connectivity index (χ4v) is 2.34. The van der Waals surface area contributed by atoms with Crippen molar-refractivity contribution in [2.45, 2.75) is 18.8 Å². The standard InChI is InChI=1S/C12H14N2O/c1-2-9(6-13-4-1)11-8-15-12-7-14-5-3-10(11)12/h3,5,7-9,13H,1-2,4,6H2. The quantitative estimate of drug-likeness (QED) is 0.771. The van der Waals surface area contributed by atoms with Crippen LogP contribution in [0.15, 0.2) is 29.1 Å². The van der Waals surface area contributed by atoms with E-state index >= 15 is 0 Å². The fourth-order valence-electron chi connectivity index (χ4n) is 2.34. The Labute approximate surface area is 88.5 Å². The third-order valence-corrected chi connectivity index (χ3v) is 3.15. The van der Waals surface area contributed by atoms with E-state index in [9.17, 15) is 0 Å². The van der Waals surface area contributed by atoms with E-state index in [2.05, 4.69) is 10.3 Å². The average molecular weight is 202 g/mol. The molecule has 1 aliphatic heterocycles. The molecule has 1 N–H and O–H groups in total. The molecule has 1 unspecified atom stereocenters. The predicted octanol–water partition coefficient (Wildman–Crippen LogP) is 2.29. The van der Waals surface area contributed by atoms with Crippen LogP contribution in [0.2, 0.25) is 0 Å². The minimum Gasteiger partial charge on any atom is -0.462 e. The Hall–Kier alpha value is -1.35. The second-order valence-electron chi connectivity index (χ2n) is 4.11. The minimum absolute atomic E-state index is 0.599. The number of hydrogen-bond donors (Lipinski definition) is 1. The van der Waals surface area contributed by atoms with Gasteiger partial charge in [-0.05, 0) is 25.5 Å². The second-order valence-corrected chi connectivity index (χ2v) is 4.11. The number of fused-ring (bicyclic) bond motifs is 1. The number of nitrogens with zero attached hydrogens (tertiary/aromatic N) is 1. The molecule has 2 aromatic rings. The zero-order chi connectivity index (χ0) is 10.1. The normalized spacial score (nSPS) is 22.0. The van der Waals surface area contributed by atoms with Gasteiger partial charge in [0.1, 0.15) is 0 Å². The maximum atomic E-state index is 5.51. The Kier molecular flexibility index (Phi) is 2.18. The highest BCUT2D eigenvalue weighted by molar-refractivity contribution is 5.80. The molecule has 15 heavy (non-hydrogen) atoms. The van der Waals surface area contributed by atoms with Crippen molar-refractivity contribution in [3.8, 4) is 0 Å². The molecular weight excluding hydrogens is 188 g/mol. The fraction of sp³-hybridized carbons (Fsp3) is 0.417. The third kappa shape index (κ3) is 1.53. The summed E-state index contributed by atoms with van der Waals surface area (Å²) in [6.07, 6.45) is 8.02. The molecule has 1 aliphatic rings. The van der Waals surface area contributed by atoms with E-state index in [0.717, 1.165) is 18.7 Å². The Morgan fingerprint density at radius 1 is 1.47 bits per heavy atom. The molecule has 0 bridgehead atoms. The van der Waals surface area contributed by atoms with Crippen molar-refractivity contribution in [1.29, 1.82) is 0 Å². The molecule has 3 rings (SSSR count). The van der Waals surface area contributed by atoms with Gasteiger partial charge >= 0.3 is 0 Å². The van der Waals surface area contributed by atoms with E-state index in [1.54, 1.807) is 6.20 Å². The first-order valence-corrected chi connectivity index (χ1v) is 5.47. The largest absolute Gasteiger partial charge is 0.462 e. The first-order valence-electron chi connectivity index (χ1n) is 5.47. The van der Waals surface area contributed by atoms with E-state index in [-0.39, 0.29) is 0 Å². The number of aromatic nitrogens is 1. The van der Waals surface area contributed by atoms with Crippen molar-refractivity contribution in [1.82, 2.24) is 10.3 Å². The van der Waals surface area contributed by atoms with Crippen LogP contribution < -0.4 is 5.32 Å². The molecule has 0 spiro atoms. The SMILES string of the molecule is c1cc2c(C3CCCNC3)coc2cn1.